The third-order valence-electron chi connectivity index (χ3n) is 1.53. The molecule has 0 aliphatic rings. The highest BCUT2D eigenvalue weighted by molar-refractivity contribution is 9.13. The Hall–Kier alpha value is 1.10. The smallest absolute Gasteiger partial charge is 0.0862 e. The third kappa shape index (κ3) is 1.34. The fourth-order valence-electron chi connectivity index (χ4n) is 0.963. The van der Waals surface area contributed by atoms with Gasteiger partial charge in [0.25, 0.3) is 0 Å². The molecular formula is C7H3Br3S2. The van der Waals surface area contributed by atoms with Gasteiger partial charge in [-0.3, -0.25) is 0 Å². The SMILES string of the molecule is Cc1sc2c(Br)c(Br)sc2c1Br. The van der Waals surface area contributed by atoms with Crippen molar-refractivity contribution < 1.29 is 0 Å². The van der Waals surface area contributed by atoms with Gasteiger partial charge in [-0.2, -0.15) is 0 Å². The topological polar surface area (TPSA) is 0 Å². The minimum Gasteiger partial charge on any atom is -0.137 e. The summed E-state index contributed by atoms with van der Waals surface area (Å²) in [5.74, 6) is 0. The summed E-state index contributed by atoms with van der Waals surface area (Å²) in [6, 6.07) is 0. The predicted molar refractivity (Wildman–Crippen MR) is 67.5 cm³/mol. The van der Waals surface area contributed by atoms with Crippen molar-refractivity contribution in [2.75, 3.05) is 0 Å². The lowest BCUT2D eigenvalue weighted by atomic mass is 10.5. The molecule has 0 saturated carbocycles. The molecule has 0 saturated heterocycles. The molecule has 0 nitrogen and oxygen atoms in total. The number of rotatable bonds is 0. The Morgan fingerprint density at radius 3 is 2.08 bits per heavy atom. The van der Waals surface area contributed by atoms with Crippen molar-refractivity contribution in [3.05, 3.63) is 17.6 Å². The summed E-state index contributed by atoms with van der Waals surface area (Å²) in [7, 11) is 0. The first-order valence-electron chi connectivity index (χ1n) is 3.13. The predicted octanol–water partition coefficient (Wildman–Crippen LogP) is 5.56. The van der Waals surface area contributed by atoms with Crippen molar-refractivity contribution in [2.45, 2.75) is 6.92 Å². The minimum absolute atomic E-state index is 1.17. The maximum atomic E-state index is 3.58. The lowest BCUT2D eigenvalue weighted by Gasteiger charge is -1.83. The van der Waals surface area contributed by atoms with Crippen LogP contribution in [-0.4, -0.2) is 0 Å². The van der Waals surface area contributed by atoms with E-state index < -0.39 is 0 Å². The van der Waals surface area contributed by atoms with E-state index in [1.54, 1.807) is 11.3 Å². The summed E-state index contributed by atoms with van der Waals surface area (Å²) in [5.41, 5.74) is 0. The maximum absolute atomic E-state index is 3.58. The zero-order valence-corrected chi connectivity index (χ0v) is 12.3. The first-order chi connectivity index (χ1) is 5.61. The van der Waals surface area contributed by atoms with Crippen LogP contribution in [0, 0.1) is 6.92 Å². The second-order valence-corrected chi connectivity index (χ2v) is 7.47. The van der Waals surface area contributed by atoms with E-state index in [2.05, 4.69) is 54.7 Å². The van der Waals surface area contributed by atoms with Gasteiger partial charge < -0.3 is 0 Å². The summed E-state index contributed by atoms with van der Waals surface area (Å²) in [6.45, 7) is 2.13. The van der Waals surface area contributed by atoms with Gasteiger partial charge in [0.05, 0.1) is 17.7 Å². The van der Waals surface area contributed by atoms with E-state index in [0.29, 0.717) is 0 Å². The van der Waals surface area contributed by atoms with E-state index in [4.69, 9.17) is 0 Å². The normalized spacial score (nSPS) is 11.3. The second kappa shape index (κ2) is 3.35. The summed E-state index contributed by atoms with van der Waals surface area (Å²) in [4.78, 5) is 1.34. The van der Waals surface area contributed by atoms with Gasteiger partial charge >= 0.3 is 0 Å². The van der Waals surface area contributed by atoms with Crippen LogP contribution in [0.5, 0.6) is 0 Å². The lowest BCUT2D eigenvalue weighted by Crippen LogP contribution is -1.56. The number of hydrogen-bond donors (Lipinski definition) is 0. The third-order valence-corrected chi connectivity index (χ3v) is 8.03. The van der Waals surface area contributed by atoms with Crippen LogP contribution in [0.25, 0.3) is 9.40 Å². The molecule has 0 N–H and O–H groups in total. The summed E-state index contributed by atoms with van der Waals surface area (Å²) >= 11 is 14.2. The molecule has 0 spiro atoms. The van der Waals surface area contributed by atoms with Crippen molar-refractivity contribution in [2.24, 2.45) is 0 Å². The highest BCUT2D eigenvalue weighted by Gasteiger charge is 2.14. The molecule has 0 unspecified atom stereocenters. The molecule has 2 aromatic rings. The summed E-state index contributed by atoms with van der Waals surface area (Å²) in [6.07, 6.45) is 0. The Morgan fingerprint density at radius 1 is 0.917 bits per heavy atom. The molecule has 0 aliphatic carbocycles. The molecule has 0 amide bonds. The molecule has 0 fully saturated rings. The zero-order chi connectivity index (χ0) is 8.88. The van der Waals surface area contributed by atoms with Crippen LogP contribution in [0.15, 0.2) is 12.7 Å². The van der Waals surface area contributed by atoms with Crippen LogP contribution < -0.4 is 0 Å². The quantitative estimate of drug-likeness (QED) is 0.552. The molecule has 2 heterocycles. The van der Waals surface area contributed by atoms with Crippen molar-refractivity contribution in [1.82, 2.24) is 0 Å². The molecular weight excluding hydrogens is 388 g/mol. The number of hydrogen-bond acceptors (Lipinski definition) is 2. The first-order valence-corrected chi connectivity index (χ1v) is 7.15. The van der Waals surface area contributed by atoms with Crippen LogP contribution in [0.3, 0.4) is 0 Å². The molecule has 2 aromatic heterocycles. The molecule has 64 valence electrons. The van der Waals surface area contributed by atoms with Gasteiger partial charge in [0.2, 0.25) is 0 Å². The van der Waals surface area contributed by atoms with E-state index in [1.165, 1.54) is 27.0 Å². The number of halogens is 3. The average Bonchev–Trinajstić information content (AvgIpc) is 2.43. The van der Waals surface area contributed by atoms with Crippen LogP contribution in [0.1, 0.15) is 4.88 Å². The van der Waals surface area contributed by atoms with Crippen LogP contribution in [-0.2, 0) is 0 Å². The molecule has 0 aromatic carbocycles. The van der Waals surface area contributed by atoms with Gasteiger partial charge in [-0.25, -0.2) is 0 Å². The maximum Gasteiger partial charge on any atom is 0.0862 e. The van der Waals surface area contributed by atoms with Crippen molar-refractivity contribution in [3.63, 3.8) is 0 Å². The molecule has 0 aliphatic heterocycles. The van der Waals surface area contributed by atoms with Crippen molar-refractivity contribution in [3.8, 4) is 0 Å². The highest BCUT2D eigenvalue weighted by atomic mass is 79.9. The van der Waals surface area contributed by atoms with Gasteiger partial charge in [0.1, 0.15) is 0 Å². The Morgan fingerprint density at radius 2 is 1.50 bits per heavy atom. The van der Waals surface area contributed by atoms with E-state index in [0.717, 1.165) is 0 Å². The Kier molecular flexibility index (Phi) is 2.69. The molecule has 0 radical (unpaired) electrons. The largest absolute Gasteiger partial charge is 0.137 e. The molecule has 5 heteroatoms. The standard InChI is InChI=1S/C7H3Br3S2/c1-2-3(8)5-6(11-2)4(9)7(10)12-5/h1H3. The lowest BCUT2D eigenvalue weighted by molar-refractivity contribution is 1.62. The Labute approximate surface area is 103 Å². The zero-order valence-electron chi connectivity index (χ0n) is 5.95. The number of aryl methyl sites for hydroxylation is 1. The Bertz CT molecular complexity index is 399. The van der Waals surface area contributed by atoms with Gasteiger partial charge in [-0.15, -0.1) is 22.7 Å². The number of thiophene rings is 2. The second-order valence-electron chi connectivity index (χ2n) is 2.32. The highest BCUT2D eigenvalue weighted by Crippen LogP contribution is 2.47. The van der Waals surface area contributed by atoms with Crippen LogP contribution >= 0.6 is 70.5 Å². The average molecular weight is 391 g/mol. The van der Waals surface area contributed by atoms with Crippen LogP contribution in [0.2, 0.25) is 0 Å². The molecule has 2 rings (SSSR count). The van der Waals surface area contributed by atoms with E-state index in [9.17, 15) is 0 Å². The van der Waals surface area contributed by atoms with Crippen LogP contribution in [0.4, 0.5) is 0 Å². The summed E-state index contributed by atoms with van der Waals surface area (Å²) < 4.78 is 6.25. The summed E-state index contributed by atoms with van der Waals surface area (Å²) in [5, 5.41) is 0. The van der Waals surface area contributed by atoms with Gasteiger partial charge in [-0.05, 0) is 54.7 Å². The van der Waals surface area contributed by atoms with E-state index >= 15 is 0 Å². The Balaban J connectivity index is 2.93. The van der Waals surface area contributed by atoms with Crippen molar-refractivity contribution >= 4 is 79.9 Å². The first kappa shape index (κ1) is 9.65. The van der Waals surface area contributed by atoms with E-state index in [1.807, 2.05) is 11.3 Å². The molecule has 0 atom stereocenters. The fourth-order valence-corrected chi connectivity index (χ4v) is 5.48. The minimum atomic E-state index is 1.17. The van der Waals surface area contributed by atoms with E-state index in [-0.39, 0.29) is 0 Å². The fraction of sp³-hybridized carbons (Fsp3) is 0.143. The molecule has 12 heavy (non-hydrogen) atoms. The van der Waals surface area contributed by atoms with Gasteiger partial charge in [-0.1, -0.05) is 0 Å². The van der Waals surface area contributed by atoms with Gasteiger partial charge in [0, 0.05) is 9.35 Å². The molecule has 0 bridgehead atoms. The number of fused-ring (bicyclic) bond motifs is 1. The van der Waals surface area contributed by atoms with Gasteiger partial charge in [0.15, 0.2) is 0 Å². The monoisotopic (exact) mass is 388 g/mol. The van der Waals surface area contributed by atoms with Crippen molar-refractivity contribution in [1.29, 1.82) is 0 Å².